The van der Waals surface area contributed by atoms with Crippen molar-refractivity contribution in [2.24, 2.45) is 0 Å². The van der Waals surface area contributed by atoms with E-state index in [4.69, 9.17) is 4.74 Å². The van der Waals surface area contributed by atoms with Gasteiger partial charge >= 0.3 is 6.09 Å². The summed E-state index contributed by atoms with van der Waals surface area (Å²) in [5.74, 6) is 1.02. The van der Waals surface area contributed by atoms with Gasteiger partial charge in [-0.2, -0.15) is 0 Å². The standard InChI is InChI=1S/C12H16IN3O4/c1-14-12(19)20-10-4-15-11(3-9(10)13)16-5-8(18)2-7(16)6-17/h3-4,7-8,17-18H,2,5-6H2,1H3,(H,14,19)/t7-,8+/m1/s1. The zero-order valence-corrected chi connectivity index (χ0v) is 13.1. The van der Waals surface area contributed by atoms with Gasteiger partial charge in [0.1, 0.15) is 5.82 Å². The highest BCUT2D eigenvalue weighted by Gasteiger charge is 2.31. The number of β-amino-alcohol motifs (C(OH)–C–C–N with tert-alkyl or cyclic N) is 1. The normalized spacial score (nSPS) is 21.9. The number of rotatable bonds is 3. The first-order valence-corrected chi connectivity index (χ1v) is 7.23. The summed E-state index contributed by atoms with van der Waals surface area (Å²) < 4.78 is 5.78. The predicted molar refractivity (Wildman–Crippen MR) is 80.9 cm³/mol. The number of carbonyl (C=O) groups excluding carboxylic acids is 1. The minimum absolute atomic E-state index is 0.0359. The van der Waals surface area contributed by atoms with E-state index in [0.29, 0.717) is 24.5 Å². The number of hydrogen-bond donors (Lipinski definition) is 3. The summed E-state index contributed by atoms with van der Waals surface area (Å²) in [6, 6.07) is 1.62. The van der Waals surface area contributed by atoms with Crippen LogP contribution in [0.2, 0.25) is 0 Å². The molecule has 2 atom stereocenters. The predicted octanol–water partition coefficient (Wildman–Crippen LogP) is 0.336. The van der Waals surface area contributed by atoms with Crippen LogP contribution in [0.1, 0.15) is 6.42 Å². The van der Waals surface area contributed by atoms with Crippen LogP contribution in [0.3, 0.4) is 0 Å². The van der Waals surface area contributed by atoms with Crippen LogP contribution in [0.15, 0.2) is 12.3 Å². The third kappa shape index (κ3) is 3.30. The number of carbonyl (C=O) groups is 1. The molecule has 0 unspecified atom stereocenters. The molecular formula is C12H16IN3O4. The van der Waals surface area contributed by atoms with Gasteiger partial charge in [-0.15, -0.1) is 0 Å². The van der Waals surface area contributed by atoms with Crippen molar-refractivity contribution < 1.29 is 19.7 Å². The monoisotopic (exact) mass is 393 g/mol. The summed E-state index contributed by atoms with van der Waals surface area (Å²) in [6.45, 7) is 0.399. The maximum atomic E-state index is 11.2. The number of nitrogens with one attached hydrogen (secondary N) is 1. The van der Waals surface area contributed by atoms with Crippen molar-refractivity contribution in [1.82, 2.24) is 10.3 Å². The number of aliphatic hydroxyl groups excluding tert-OH is 2. The van der Waals surface area contributed by atoms with Crippen LogP contribution in [0.25, 0.3) is 0 Å². The smallest absolute Gasteiger partial charge is 0.408 e. The molecule has 0 aliphatic carbocycles. The molecule has 2 heterocycles. The third-order valence-electron chi connectivity index (χ3n) is 3.11. The van der Waals surface area contributed by atoms with Gasteiger partial charge in [-0.25, -0.2) is 9.78 Å². The molecule has 0 radical (unpaired) electrons. The van der Waals surface area contributed by atoms with E-state index in [1.54, 1.807) is 6.07 Å². The topological polar surface area (TPSA) is 94.9 Å². The van der Waals surface area contributed by atoms with Crippen molar-refractivity contribution in [3.63, 3.8) is 0 Å². The number of aromatic nitrogens is 1. The molecule has 8 heteroatoms. The summed E-state index contributed by atoms with van der Waals surface area (Å²) >= 11 is 2.05. The van der Waals surface area contributed by atoms with E-state index in [9.17, 15) is 15.0 Å². The van der Waals surface area contributed by atoms with E-state index < -0.39 is 12.2 Å². The fourth-order valence-corrected chi connectivity index (χ4v) is 2.66. The van der Waals surface area contributed by atoms with Gasteiger partial charge in [0.2, 0.25) is 0 Å². The Morgan fingerprint density at radius 3 is 3.05 bits per heavy atom. The number of ether oxygens (including phenoxy) is 1. The molecule has 110 valence electrons. The van der Waals surface area contributed by atoms with Gasteiger partial charge in [0.05, 0.1) is 28.5 Å². The molecule has 0 aromatic carbocycles. The van der Waals surface area contributed by atoms with Gasteiger partial charge in [0.15, 0.2) is 5.75 Å². The summed E-state index contributed by atoms with van der Waals surface area (Å²) in [5, 5.41) is 21.4. The van der Waals surface area contributed by atoms with Crippen LogP contribution in [0, 0.1) is 3.57 Å². The fraction of sp³-hybridized carbons (Fsp3) is 0.500. The lowest BCUT2D eigenvalue weighted by Gasteiger charge is -2.24. The molecule has 7 nitrogen and oxygen atoms in total. The highest BCUT2D eigenvalue weighted by molar-refractivity contribution is 14.1. The fourth-order valence-electron chi connectivity index (χ4n) is 2.14. The van der Waals surface area contributed by atoms with Gasteiger partial charge in [-0.05, 0) is 35.1 Å². The molecule has 1 fully saturated rings. The Kier molecular flexibility index (Phi) is 5.00. The van der Waals surface area contributed by atoms with Crippen LogP contribution in [0.4, 0.5) is 10.6 Å². The number of amides is 1. The lowest BCUT2D eigenvalue weighted by Crippen LogP contribution is -2.33. The van der Waals surface area contributed by atoms with Crippen LogP contribution in [0.5, 0.6) is 5.75 Å². The van der Waals surface area contributed by atoms with E-state index in [0.717, 1.165) is 3.57 Å². The van der Waals surface area contributed by atoms with Crippen LogP contribution >= 0.6 is 22.6 Å². The van der Waals surface area contributed by atoms with Crippen LogP contribution in [-0.4, -0.2) is 53.6 Å². The number of halogens is 1. The molecule has 0 saturated carbocycles. The molecule has 0 spiro atoms. The SMILES string of the molecule is CNC(=O)Oc1cnc(N2C[C@@H](O)C[C@@H]2CO)cc1I. The minimum Gasteiger partial charge on any atom is -0.408 e. The van der Waals surface area contributed by atoms with E-state index in [2.05, 4.69) is 10.3 Å². The molecule has 1 saturated heterocycles. The highest BCUT2D eigenvalue weighted by Crippen LogP contribution is 2.28. The molecular weight excluding hydrogens is 377 g/mol. The van der Waals surface area contributed by atoms with E-state index >= 15 is 0 Å². The molecule has 3 N–H and O–H groups in total. The molecule has 1 aliphatic heterocycles. The molecule has 1 aromatic heterocycles. The number of pyridine rings is 1. The van der Waals surface area contributed by atoms with Gasteiger partial charge < -0.3 is 25.2 Å². The summed E-state index contributed by atoms with van der Waals surface area (Å²) in [6.07, 6.45) is 0.965. The zero-order valence-electron chi connectivity index (χ0n) is 10.9. The summed E-state index contributed by atoms with van der Waals surface area (Å²) in [7, 11) is 1.48. The summed E-state index contributed by atoms with van der Waals surface area (Å²) in [4.78, 5) is 17.3. The first kappa shape index (κ1) is 15.3. The van der Waals surface area contributed by atoms with Gasteiger partial charge in [0.25, 0.3) is 0 Å². The molecule has 1 amide bonds. The molecule has 1 aromatic rings. The Bertz CT molecular complexity index is 500. The maximum Gasteiger partial charge on any atom is 0.412 e. The number of nitrogens with zero attached hydrogens (tertiary/aromatic N) is 2. The number of anilines is 1. The molecule has 1 aliphatic rings. The van der Waals surface area contributed by atoms with Crippen molar-refractivity contribution >= 4 is 34.5 Å². The Hall–Kier alpha value is -1.13. The Balaban J connectivity index is 2.18. The Morgan fingerprint density at radius 2 is 2.45 bits per heavy atom. The average molecular weight is 393 g/mol. The number of aliphatic hydroxyl groups is 2. The van der Waals surface area contributed by atoms with E-state index in [-0.39, 0.29) is 12.6 Å². The highest BCUT2D eigenvalue weighted by atomic mass is 127. The van der Waals surface area contributed by atoms with Crippen molar-refractivity contribution in [2.45, 2.75) is 18.6 Å². The molecule has 2 rings (SSSR count). The molecule has 0 bridgehead atoms. The first-order chi connectivity index (χ1) is 9.55. The van der Waals surface area contributed by atoms with Crippen molar-refractivity contribution in [3.8, 4) is 5.75 Å². The quantitative estimate of drug-likeness (QED) is 0.642. The summed E-state index contributed by atoms with van der Waals surface area (Å²) in [5.41, 5.74) is 0. The van der Waals surface area contributed by atoms with Crippen molar-refractivity contribution in [1.29, 1.82) is 0 Å². The van der Waals surface area contributed by atoms with Crippen molar-refractivity contribution in [2.75, 3.05) is 25.1 Å². The van der Waals surface area contributed by atoms with E-state index in [1.165, 1.54) is 13.2 Å². The lowest BCUT2D eigenvalue weighted by atomic mass is 10.2. The van der Waals surface area contributed by atoms with Gasteiger partial charge in [-0.1, -0.05) is 0 Å². The van der Waals surface area contributed by atoms with Crippen LogP contribution < -0.4 is 15.0 Å². The maximum absolute atomic E-state index is 11.2. The second-order valence-electron chi connectivity index (χ2n) is 4.49. The number of hydrogen-bond acceptors (Lipinski definition) is 6. The first-order valence-electron chi connectivity index (χ1n) is 6.15. The van der Waals surface area contributed by atoms with Gasteiger partial charge in [-0.3, -0.25) is 0 Å². The Morgan fingerprint density at radius 1 is 1.70 bits per heavy atom. The van der Waals surface area contributed by atoms with Crippen molar-refractivity contribution in [3.05, 3.63) is 15.8 Å². The Labute approximate surface area is 130 Å². The van der Waals surface area contributed by atoms with E-state index in [1.807, 2.05) is 27.5 Å². The zero-order chi connectivity index (χ0) is 14.7. The van der Waals surface area contributed by atoms with Crippen LogP contribution in [-0.2, 0) is 0 Å². The second-order valence-corrected chi connectivity index (χ2v) is 5.65. The third-order valence-corrected chi connectivity index (χ3v) is 3.95. The average Bonchev–Trinajstić information content (AvgIpc) is 2.82. The second kappa shape index (κ2) is 6.55. The minimum atomic E-state index is -0.553. The molecule has 20 heavy (non-hydrogen) atoms. The lowest BCUT2D eigenvalue weighted by molar-refractivity contribution is 0.184. The van der Waals surface area contributed by atoms with Gasteiger partial charge in [0, 0.05) is 13.6 Å². The largest absolute Gasteiger partial charge is 0.412 e.